The van der Waals surface area contributed by atoms with E-state index in [1.54, 1.807) is 24.3 Å². The molecule has 0 heterocycles. The molecule has 2 aromatic rings. The van der Waals surface area contributed by atoms with Crippen LogP contribution in [0.4, 0.5) is 0 Å². The van der Waals surface area contributed by atoms with E-state index < -0.39 is 0 Å². The Bertz CT molecular complexity index is 709. The molecule has 0 aliphatic heterocycles. The van der Waals surface area contributed by atoms with Crippen LogP contribution in [0.15, 0.2) is 50.4 Å². The van der Waals surface area contributed by atoms with Gasteiger partial charge in [0.15, 0.2) is 11.5 Å². The van der Waals surface area contributed by atoms with Crippen molar-refractivity contribution in [2.75, 3.05) is 7.11 Å². The molecule has 0 unspecified atom stereocenters. The molecule has 114 valence electrons. The van der Waals surface area contributed by atoms with E-state index in [1.807, 2.05) is 6.07 Å². The second kappa shape index (κ2) is 7.42. The number of carbonyl (C=O) groups is 1. The lowest BCUT2D eigenvalue weighted by atomic mass is 10.2. The highest BCUT2D eigenvalue weighted by molar-refractivity contribution is 9.10. The fourth-order valence-corrected chi connectivity index (χ4v) is 2.76. The maximum atomic E-state index is 11.9. The number of hydrogen-bond acceptors (Lipinski definition) is 4. The number of amides is 1. The van der Waals surface area contributed by atoms with Gasteiger partial charge < -0.3 is 9.84 Å². The second-order valence-corrected chi connectivity index (χ2v) is 6.03. The van der Waals surface area contributed by atoms with Crippen LogP contribution in [0.25, 0.3) is 0 Å². The third-order valence-corrected chi connectivity index (χ3v) is 3.80. The third-order valence-electron chi connectivity index (χ3n) is 2.72. The molecule has 5 nitrogen and oxygen atoms in total. The summed E-state index contributed by atoms with van der Waals surface area (Å²) in [5.74, 6) is 0.00121. The van der Waals surface area contributed by atoms with E-state index in [4.69, 9.17) is 4.74 Å². The molecule has 0 radical (unpaired) electrons. The molecule has 0 atom stereocenters. The predicted octanol–water partition coefficient (Wildman–Crippen LogP) is 3.69. The largest absolute Gasteiger partial charge is 0.504 e. The highest BCUT2D eigenvalue weighted by atomic mass is 79.9. The minimum atomic E-state index is -0.325. The molecule has 2 rings (SSSR count). The Hall–Kier alpha value is -1.86. The number of aromatic hydroxyl groups is 1. The molecular formula is C15H12Br2N2O3. The number of hydrazone groups is 1. The Kier molecular flexibility index (Phi) is 5.57. The lowest BCUT2D eigenvalue weighted by Crippen LogP contribution is -2.17. The van der Waals surface area contributed by atoms with Gasteiger partial charge in [-0.05, 0) is 51.8 Å². The first-order valence-corrected chi connectivity index (χ1v) is 7.75. The van der Waals surface area contributed by atoms with Gasteiger partial charge in [-0.25, -0.2) is 5.43 Å². The van der Waals surface area contributed by atoms with Gasteiger partial charge in [0.05, 0.1) is 17.8 Å². The summed E-state index contributed by atoms with van der Waals surface area (Å²) in [5.41, 5.74) is 3.53. The zero-order valence-electron chi connectivity index (χ0n) is 11.5. The molecule has 0 saturated heterocycles. The maximum Gasteiger partial charge on any atom is 0.271 e. The Balaban J connectivity index is 2.08. The lowest BCUT2D eigenvalue weighted by Gasteiger charge is -2.06. The van der Waals surface area contributed by atoms with E-state index in [0.717, 1.165) is 4.47 Å². The highest BCUT2D eigenvalue weighted by Gasteiger charge is 2.08. The smallest absolute Gasteiger partial charge is 0.271 e. The summed E-state index contributed by atoms with van der Waals surface area (Å²) in [6, 6.07) is 10.2. The minimum Gasteiger partial charge on any atom is -0.504 e. The Morgan fingerprint density at radius 2 is 2.09 bits per heavy atom. The number of nitrogens with one attached hydrogen (secondary N) is 1. The molecule has 0 aromatic heterocycles. The Morgan fingerprint density at radius 1 is 1.32 bits per heavy atom. The van der Waals surface area contributed by atoms with Crippen LogP contribution in [-0.2, 0) is 0 Å². The minimum absolute atomic E-state index is 0.0170. The number of methoxy groups -OCH3 is 1. The molecule has 0 saturated carbocycles. The van der Waals surface area contributed by atoms with Gasteiger partial charge in [-0.2, -0.15) is 5.10 Å². The first-order valence-electron chi connectivity index (χ1n) is 6.16. The molecule has 1 amide bonds. The number of benzene rings is 2. The van der Waals surface area contributed by atoms with Crippen LogP contribution in [0.1, 0.15) is 15.9 Å². The van der Waals surface area contributed by atoms with Gasteiger partial charge in [-0.15, -0.1) is 0 Å². The number of phenolic OH excluding ortho intramolecular Hbond substituents is 1. The standard InChI is InChI=1S/C15H12Br2N2O3/c1-22-14-12(17)5-9(6-13(14)20)8-18-19-15(21)10-3-2-4-11(16)7-10/h2-8,20H,1H3,(H,19,21)/b18-8+. The van der Waals surface area contributed by atoms with Gasteiger partial charge in [-0.1, -0.05) is 22.0 Å². The van der Waals surface area contributed by atoms with Gasteiger partial charge in [0.2, 0.25) is 0 Å². The first-order chi connectivity index (χ1) is 10.5. The van der Waals surface area contributed by atoms with Crippen molar-refractivity contribution in [1.29, 1.82) is 0 Å². The molecule has 2 aromatic carbocycles. The number of rotatable bonds is 4. The fourth-order valence-electron chi connectivity index (χ4n) is 1.74. The number of nitrogens with zero attached hydrogens (tertiary/aromatic N) is 1. The van der Waals surface area contributed by atoms with Crippen LogP contribution in [-0.4, -0.2) is 24.3 Å². The van der Waals surface area contributed by atoms with Gasteiger partial charge in [0, 0.05) is 10.0 Å². The molecule has 7 heteroatoms. The number of carbonyl (C=O) groups excluding carboxylic acids is 1. The number of halogens is 2. The maximum absolute atomic E-state index is 11.9. The van der Waals surface area contributed by atoms with Crippen molar-refractivity contribution in [3.8, 4) is 11.5 Å². The van der Waals surface area contributed by atoms with E-state index in [9.17, 15) is 9.90 Å². The molecule has 22 heavy (non-hydrogen) atoms. The summed E-state index contributed by atoms with van der Waals surface area (Å²) in [6.07, 6.45) is 1.43. The predicted molar refractivity (Wildman–Crippen MR) is 91.6 cm³/mol. The van der Waals surface area contributed by atoms with Crippen molar-refractivity contribution in [3.05, 3.63) is 56.5 Å². The zero-order chi connectivity index (χ0) is 16.1. The van der Waals surface area contributed by atoms with Crippen molar-refractivity contribution < 1.29 is 14.6 Å². The average Bonchev–Trinajstić information content (AvgIpc) is 2.47. The van der Waals surface area contributed by atoms with E-state index in [2.05, 4.69) is 42.4 Å². The molecular weight excluding hydrogens is 416 g/mol. The lowest BCUT2D eigenvalue weighted by molar-refractivity contribution is 0.0955. The van der Waals surface area contributed by atoms with Crippen molar-refractivity contribution >= 4 is 44.0 Å². The van der Waals surface area contributed by atoms with Crippen molar-refractivity contribution in [2.45, 2.75) is 0 Å². The van der Waals surface area contributed by atoms with Gasteiger partial charge in [-0.3, -0.25) is 4.79 Å². The van der Waals surface area contributed by atoms with Crippen LogP contribution in [0.5, 0.6) is 11.5 Å². The Morgan fingerprint density at radius 3 is 2.73 bits per heavy atom. The van der Waals surface area contributed by atoms with Crippen molar-refractivity contribution in [2.24, 2.45) is 5.10 Å². The number of hydrogen-bond donors (Lipinski definition) is 2. The second-order valence-electron chi connectivity index (χ2n) is 4.26. The monoisotopic (exact) mass is 426 g/mol. The molecule has 0 fully saturated rings. The number of phenols is 1. The van der Waals surface area contributed by atoms with E-state index in [0.29, 0.717) is 21.3 Å². The number of ether oxygens (including phenoxy) is 1. The van der Waals surface area contributed by atoms with Crippen LogP contribution in [0.3, 0.4) is 0 Å². The zero-order valence-corrected chi connectivity index (χ0v) is 14.7. The summed E-state index contributed by atoms with van der Waals surface area (Å²) >= 11 is 6.59. The van der Waals surface area contributed by atoms with Crippen molar-refractivity contribution in [3.63, 3.8) is 0 Å². The average molecular weight is 428 g/mol. The SMILES string of the molecule is COc1c(O)cc(/C=N/NC(=O)c2cccc(Br)c2)cc1Br. The fraction of sp³-hybridized carbons (Fsp3) is 0.0667. The van der Waals surface area contributed by atoms with Gasteiger partial charge >= 0.3 is 0 Å². The first kappa shape index (κ1) is 16.5. The van der Waals surface area contributed by atoms with Crippen LogP contribution < -0.4 is 10.2 Å². The van der Waals surface area contributed by atoms with E-state index in [1.165, 1.54) is 19.4 Å². The quantitative estimate of drug-likeness (QED) is 0.577. The van der Waals surface area contributed by atoms with Crippen LogP contribution >= 0.6 is 31.9 Å². The molecule has 0 spiro atoms. The topological polar surface area (TPSA) is 70.9 Å². The normalized spacial score (nSPS) is 10.7. The van der Waals surface area contributed by atoms with Crippen LogP contribution in [0, 0.1) is 0 Å². The Labute approximate surface area is 144 Å². The van der Waals surface area contributed by atoms with Gasteiger partial charge in [0.25, 0.3) is 5.91 Å². The van der Waals surface area contributed by atoms with Gasteiger partial charge in [0.1, 0.15) is 0 Å². The summed E-state index contributed by atoms with van der Waals surface area (Å²) < 4.78 is 6.43. The molecule has 2 N–H and O–H groups in total. The summed E-state index contributed by atoms with van der Waals surface area (Å²) in [6.45, 7) is 0. The highest BCUT2D eigenvalue weighted by Crippen LogP contribution is 2.34. The van der Waals surface area contributed by atoms with Crippen LogP contribution in [0.2, 0.25) is 0 Å². The van der Waals surface area contributed by atoms with E-state index in [-0.39, 0.29) is 11.7 Å². The summed E-state index contributed by atoms with van der Waals surface area (Å²) in [7, 11) is 1.46. The third kappa shape index (κ3) is 4.08. The van der Waals surface area contributed by atoms with Crippen molar-refractivity contribution in [1.82, 2.24) is 5.43 Å². The summed E-state index contributed by atoms with van der Waals surface area (Å²) in [5, 5.41) is 13.7. The molecule has 0 aliphatic rings. The molecule has 0 bridgehead atoms. The van der Waals surface area contributed by atoms with E-state index >= 15 is 0 Å². The summed E-state index contributed by atoms with van der Waals surface area (Å²) in [4.78, 5) is 11.9. The molecule has 0 aliphatic carbocycles.